The summed E-state index contributed by atoms with van der Waals surface area (Å²) in [6, 6.07) is 5.18. The summed E-state index contributed by atoms with van der Waals surface area (Å²) >= 11 is 0. The van der Waals surface area contributed by atoms with Gasteiger partial charge in [-0.25, -0.2) is 13.1 Å². The molecule has 0 bridgehead atoms. The van der Waals surface area contributed by atoms with Crippen molar-refractivity contribution in [3.8, 4) is 6.07 Å². The van der Waals surface area contributed by atoms with Gasteiger partial charge in [-0.2, -0.15) is 18.4 Å². The third-order valence-corrected chi connectivity index (χ3v) is 5.32. The lowest BCUT2D eigenvalue weighted by molar-refractivity contribution is -0.188. The fourth-order valence-electron chi connectivity index (χ4n) is 2.68. The van der Waals surface area contributed by atoms with Gasteiger partial charge in [0.25, 0.3) is 0 Å². The molecule has 23 heavy (non-hydrogen) atoms. The molecule has 0 aliphatic carbocycles. The van der Waals surface area contributed by atoms with Crippen LogP contribution in [0.4, 0.5) is 13.2 Å². The van der Waals surface area contributed by atoms with E-state index in [1.807, 2.05) is 6.07 Å². The van der Waals surface area contributed by atoms with E-state index in [-0.39, 0.29) is 29.8 Å². The summed E-state index contributed by atoms with van der Waals surface area (Å²) in [7, 11) is -2.55. The first-order chi connectivity index (χ1) is 10.6. The first-order valence-corrected chi connectivity index (χ1v) is 8.41. The molecule has 5 nitrogen and oxygen atoms in total. The molecule has 1 N–H and O–H groups in total. The Kier molecular flexibility index (Phi) is 4.98. The van der Waals surface area contributed by atoms with Crippen LogP contribution in [0.25, 0.3) is 0 Å². The fourth-order valence-corrected chi connectivity index (χ4v) is 3.98. The third kappa shape index (κ3) is 4.22. The highest BCUT2D eigenvalue weighted by molar-refractivity contribution is 7.89. The largest absolute Gasteiger partial charge is 0.404 e. The van der Waals surface area contributed by atoms with Crippen LogP contribution < -0.4 is 4.72 Å². The number of hydrogen-bond donors (Lipinski definition) is 1. The number of likely N-dealkylation sites (tertiary alicyclic amines) is 1. The highest BCUT2D eigenvalue weighted by Crippen LogP contribution is 2.31. The van der Waals surface area contributed by atoms with Crippen LogP contribution in [0.5, 0.6) is 0 Å². The zero-order chi connectivity index (χ0) is 17.3. The Balaban J connectivity index is 2.09. The van der Waals surface area contributed by atoms with Crippen molar-refractivity contribution in [1.29, 1.82) is 5.26 Å². The molecule has 1 aliphatic rings. The van der Waals surface area contributed by atoms with Gasteiger partial charge in [0.15, 0.2) is 0 Å². The Morgan fingerprint density at radius 3 is 2.61 bits per heavy atom. The van der Waals surface area contributed by atoms with E-state index in [1.165, 1.54) is 31.3 Å². The van der Waals surface area contributed by atoms with E-state index in [9.17, 15) is 21.6 Å². The molecule has 0 aromatic heterocycles. The number of hydrogen-bond acceptors (Lipinski definition) is 4. The van der Waals surface area contributed by atoms with Crippen molar-refractivity contribution in [3.63, 3.8) is 0 Å². The summed E-state index contributed by atoms with van der Waals surface area (Å²) in [4.78, 5) is 1.04. The summed E-state index contributed by atoms with van der Waals surface area (Å²) in [6.45, 7) is -0.0264. The molecule has 2 atom stereocenters. The fraction of sp³-hybridized carbons (Fsp3) is 0.500. The molecule has 0 amide bonds. The Bertz CT molecular complexity index is 713. The second-order valence-electron chi connectivity index (χ2n) is 5.53. The molecule has 1 aliphatic heterocycles. The van der Waals surface area contributed by atoms with E-state index in [4.69, 9.17) is 5.26 Å². The highest BCUT2D eigenvalue weighted by Gasteiger charge is 2.45. The number of nitriles is 1. The molecular weight excluding hydrogens is 331 g/mol. The van der Waals surface area contributed by atoms with Crippen LogP contribution in [0.1, 0.15) is 18.4 Å². The monoisotopic (exact) mass is 347 g/mol. The summed E-state index contributed by atoms with van der Waals surface area (Å²) in [5, 5.41) is 8.81. The third-order valence-electron chi connectivity index (χ3n) is 3.80. The second-order valence-corrected chi connectivity index (χ2v) is 7.25. The van der Waals surface area contributed by atoms with Gasteiger partial charge in [-0.3, -0.25) is 4.90 Å². The van der Waals surface area contributed by atoms with Crippen molar-refractivity contribution in [2.45, 2.75) is 36.0 Å². The number of halogens is 3. The van der Waals surface area contributed by atoms with Crippen molar-refractivity contribution in [3.05, 3.63) is 29.8 Å². The molecular formula is C14H16F3N3O2S. The van der Waals surface area contributed by atoms with E-state index >= 15 is 0 Å². The van der Waals surface area contributed by atoms with E-state index < -0.39 is 28.3 Å². The van der Waals surface area contributed by atoms with Crippen molar-refractivity contribution < 1.29 is 21.6 Å². The molecule has 2 unspecified atom stereocenters. The predicted octanol–water partition coefficient (Wildman–Crippen LogP) is 1.86. The zero-order valence-electron chi connectivity index (χ0n) is 12.3. The van der Waals surface area contributed by atoms with Crippen LogP contribution in [-0.4, -0.2) is 45.2 Å². The molecule has 1 aromatic rings. The summed E-state index contributed by atoms with van der Waals surface area (Å²) in [6.07, 6.45) is -4.38. The number of likely N-dealkylation sites (N-methyl/N-ethyl adjacent to an activating group) is 1. The Morgan fingerprint density at radius 2 is 2.04 bits per heavy atom. The number of nitrogens with zero attached hydrogens (tertiary/aromatic N) is 2. The lowest BCUT2D eigenvalue weighted by Crippen LogP contribution is -2.54. The standard InChI is InChI=1S/C14H16F3N3O2S/c1-20-9-11(5-6-13(20)14(15,16)17)19-23(21,22)12-4-2-3-10(7-12)8-18/h2-4,7,11,13,19H,5-6,9H2,1H3. The van der Waals surface area contributed by atoms with Crippen LogP contribution >= 0.6 is 0 Å². The van der Waals surface area contributed by atoms with Crippen LogP contribution in [0.3, 0.4) is 0 Å². The first-order valence-electron chi connectivity index (χ1n) is 6.93. The van der Waals surface area contributed by atoms with Crippen molar-refractivity contribution in [1.82, 2.24) is 9.62 Å². The minimum Gasteiger partial charge on any atom is -0.294 e. The molecule has 1 fully saturated rings. The Labute approximate surface area is 132 Å². The molecule has 0 spiro atoms. The normalized spacial score (nSPS) is 23.4. The number of nitrogens with one attached hydrogen (secondary N) is 1. The number of rotatable bonds is 3. The molecule has 1 heterocycles. The molecule has 0 radical (unpaired) electrons. The van der Waals surface area contributed by atoms with E-state index in [2.05, 4.69) is 4.72 Å². The predicted molar refractivity (Wildman–Crippen MR) is 77.0 cm³/mol. The lowest BCUT2D eigenvalue weighted by Gasteiger charge is -2.38. The summed E-state index contributed by atoms with van der Waals surface area (Å²) < 4.78 is 65.4. The van der Waals surface area contributed by atoms with Crippen molar-refractivity contribution >= 4 is 10.0 Å². The molecule has 9 heteroatoms. The van der Waals surface area contributed by atoms with Crippen molar-refractivity contribution in [2.75, 3.05) is 13.6 Å². The van der Waals surface area contributed by atoms with E-state index in [1.54, 1.807) is 0 Å². The maximum Gasteiger partial charge on any atom is 0.404 e. The van der Waals surface area contributed by atoms with Crippen LogP contribution in [0.2, 0.25) is 0 Å². The molecule has 0 saturated carbocycles. The second kappa shape index (κ2) is 6.47. The number of piperidine rings is 1. The number of benzene rings is 1. The maximum absolute atomic E-state index is 12.8. The highest BCUT2D eigenvalue weighted by atomic mass is 32.2. The topological polar surface area (TPSA) is 73.2 Å². The van der Waals surface area contributed by atoms with E-state index in [0.29, 0.717) is 0 Å². The van der Waals surface area contributed by atoms with Gasteiger partial charge in [0, 0.05) is 12.6 Å². The zero-order valence-corrected chi connectivity index (χ0v) is 13.2. The number of sulfonamides is 1. The summed E-state index contributed by atoms with van der Waals surface area (Å²) in [5.74, 6) is 0. The SMILES string of the molecule is CN1CC(NS(=O)(=O)c2cccc(C#N)c2)CCC1C(F)(F)F. The number of alkyl halides is 3. The van der Waals surface area contributed by atoms with E-state index in [0.717, 1.165) is 4.90 Å². The average molecular weight is 347 g/mol. The summed E-state index contributed by atoms with van der Waals surface area (Å²) in [5.41, 5.74) is 0.200. The quantitative estimate of drug-likeness (QED) is 0.906. The molecule has 126 valence electrons. The smallest absolute Gasteiger partial charge is 0.294 e. The van der Waals surface area contributed by atoms with Gasteiger partial charge in [0.1, 0.15) is 6.04 Å². The average Bonchev–Trinajstić information content (AvgIpc) is 2.45. The molecule has 1 aromatic carbocycles. The first kappa shape index (κ1) is 17.7. The molecule has 2 rings (SSSR count). The van der Waals surface area contributed by atoms with Crippen LogP contribution in [0.15, 0.2) is 29.2 Å². The lowest BCUT2D eigenvalue weighted by atomic mass is 9.99. The Hall–Kier alpha value is -1.63. The van der Waals surface area contributed by atoms with Gasteiger partial charge in [0.05, 0.1) is 16.5 Å². The molecule has 1 saturated heterocycles. The maximum atomic E-state index is 12.8. The van der Waals surface area contributed by atoms with Crippen LogP contribution in [-0.2, 0) is 10.0 Å². The minimum atomic E-state index is -4.32. The van der Waals surface area contributed by atoms with Crippen LogP contribution in [0, 0.1) is 11.3 Å². The van der Waals surface area contributed by atoms with Gasteiger partial charge in [-0.15, -0.1) is 0 Å². The van der Waals surface area contributed by atoms with Gasteiger partial charge < -0.3 is 0 Å². The van der Waals surface area contributed by atoms with Gasteiger partial charge in [-0.05, 0) is 38.1 Å². The van der Waals surface area contributed by atoms with Gasteiger partial charge in [-0.1, -0.05) is 6.07 Å². The van der Waals surface area contributed by atoms with Gasteiger partial charge >= 0.3 is 6.18 Å². The van der Waals surface area contributed by atoms with Crippen molar-refractivity contribution in [2.24, 2.45) is 0 Å². The minimum absolute atomic E-state index is 0.0264. The Morgan fingerprint density at radius 1 is 1.35 bits per heavy atom. The van der Waals surface area contributed by atoms with Gasteiger partial charge in [0.2, 0.25) is 10.0 Å².